The Kier molecular flexibility index (Phi) is 4.95. The average Bonchev–Trinajstić information content (AvgIpc) is 2.46. The van der Waals surface area contributed by atoms with Crippen LogP contribution in [-0.4, -0.2) is 31.6 Å². The Morgan fingerprint density at radius 3 is 2.29 bits per heavy atom. The van der Waals surface area contributed by atoms with Crippen LogP contribution in [0.4, 0.5) is 5.69 Å². The molecule has 0 aliphatic heterocycles. The summed E-state index contributed by atoms with van der Waals surface area (Å²) < 4.78 is 0. The second kappa shape index (κ2) is 6.90. The van der Waals surface area contributed by atoms with Crippen LogP contribution in [0.1, 0.15) is 11.1 Å². The van der Waals surface area contributed by atoms with E-state index in [-0.39, 0.29) is 5.75 Å². The van der Waals surface area contributed by atoms with Gasteiger partial charge in [-0.05, 0) is 30.3 Å². The molecular weight excluding hydrogens is 286 g/mol. The summed E-state index contributed by atoms with van der Waals surface area (Å²) in [4.78, 5) is 1.98. The van der Waals surface area contributed by atoms with E-state index in [1.807, 2.05) is 43.3 Å². The summed E-state index contributed by atoms with van der Waals surface area (Å²) >= 11 is 6.18. The van der Waals surface area contributed by atoms with Gasteiger partial charge in [0, 0.05) is 30.9 Å². The molecule has 4 nitrogen and oxygen atoms in total. The second-order valence-electron chi connectivity index (χ2n) is 4.65. The van der Waals surface area contributed by atoms with Crippen molar-refractivity contribution >= 4 is 29.7 Å². The maximum atomic E-state index is 9.58. The number of nitrogens with zero attached hydrogens (tertiary/aromatic N) is 3. The normalized spacial score (nSPS) is 11.4. The van der Waals surface area contributed by atoms with E-state index in [1.165, 1.54) is 6.21 Å². The largest absolute Gasteiger partial charge is 0.507 e. The summed E-state index contributed by atoms with van der Waals surface area (Å²) in [5, 5.41) is 18.1. The lowest BCUT2D eigenvalue weighted by molar-refractivity contribution is 0.474. The molecule has 0 bridgehead atoms. The Balaban J connectivity index is 2.10. The Labute approximate surface area is 129 Å². The average molecular weight is 302 g/mol. The van der Waals surface area contributed by atoms with Gasteiger partial charge >= 0.3 is 0 Å². The van der Waals surface area contributed by atoms with Gasteiger partial charge in [0.25, 0.3) is 0 Å². The Bertz CT molecular complexity index is 681. The topological polar surface area (TPSA) is 48.2 Å². The van der Waals surface area contributed by atoms with Gasteiger partial charge in [0.2, 0.25) is 0 Å². The van der Waals surface area contributed by atoms with Crippen molar-refractivity contribution in [3.05, 3.63) is 58.6 Å². The molecule has 0 atom stereocenters. The lowest BCUT2D eigenvalue weighted by atomic mass is 10.2. The Morgan fingerprint density at radius 2 is 1.67 bits per heavy atom. The molecule has 0 saturated heterocycles. The van der Waals surface area contributed by atoms with Gasteiger partial charge in [-0.15, -0.1) is 0 Å². The lowest BCUT2D eigenvalue weighted by Gasteiger charge is -2.12. The van der Waals surface area contributed by atoms with Crippen molar-refractivity contribution in [3.63, 3.8) is 0 Å². The van der Waals surface area contributed by atoms with Crippen molar-refractivity contribution in [3.8, 4) is 5.75 Å². The highest BCUT2D eigenvalue weighted by Gasteiger charge is 2.01. The van der Waals surface area contributed by atoms with Crippen molar-refractivity contribution < 1.29 is 5.11 Å². The molecule has 21 heavy (non-hydrogen) atoms. The Morgan fingerprint density at radius 1 is 1.00 bits per heavy atom. The van der Waals surface area contributed by atoms with Gasteiger partial charge in [-0.2, -0.15) is 10.2 Å². The zero-order valence-corrected chi connectivity index (χ0v) is 12.6. The fourth-order valence-corrected chi connectivity index (χ4v) is 1.91. The van der Waals surface area contributed by atoms with Gasteiger partial charge in [-0.1, -0.05) is 23.7 Å². The first-order chi connectivity index (χ1) is 10.1. The standard InChI is InChI=1S/C16H16ClN3O/c1-20(2)14-8-7-12(15(17)9-14)10-18-19-11-13-5-3-4-6-16(13)21/h3-11,21H,1-2H3/b18-10?,19-11+. The minimum atomic E-state index is 0.171. The maximum absolute atomic E-state index is 9.58. The van der Waals surface area contributed by atoms with Gasteiger partial charge < -0.3 is 10.0 Å². The smallest absolute Gasteiger partial charge is 0.124 e. The molecule has 0 spiro atoms. The SMILES string of the molecule is CN(C)c1ccc(C=N/N=C/c2ccccc2O)c(Cl)c1. The highest BCUT2D eigenvalue weighted by Crippen LogP contribution is 2.21. The summed E-state index contributed by atoms with van der Waals surface area (Å²) in [6, 6.07) is 12.6. The molecule has 1 N–H and O–H groups in total. The maximum Gasteiger partial charge on any atom is 0.124 e. The summed E-state index contributed by atoms with van der Waals surface area (Å²) in [6.45, 7) is 0. The number of aromatic hydroxyl groups is 1. The van der Waals surface area contributed by atoms with E-state index in [2.05, 4.69) is 10.2 Å². The molecule has 0 saturated carbocycles. The molecule has 0 unspecified atom stereocenters. The summed E-state index contributed by atoms with van der Waals surface area (Å²) in [7, 11) is 3.91. The predicted molar refractivity (Wildman–Crippen MR) is 89.1 cm³/mol. The molecule has 0 aliphatic carbocycles. The molecule has 0 aliphatic rings. The van der Waals surface area contributed by atoms with Crippen LogP contribution >= 0.6 is 11.6 Å². The monoisotopic (exact) mass is 301 g/mol. The van der Waals surface area contributed by atoms with Gasteiger partial charge in [-0.25, -0.2) is 0 Å². The van der Waals surface area contributed by atoms with Gasteiger partial charge in [0.15, 0.2) is 0 Å². The van der Waals surface area contributed by atoms with Crippen molar-refractivity contribution in [1.82, 2.24) is 0 Å². The molecule has 108 valence electrons. The molecule has 0 fully saturated rings. The number of hydrogen-bond donors (Lipinski definition) is 1. The van der Waals surface area contributed by atoms with Crippen LogP contribution < -0.4 is 4.90 Å². The zero-order valence-electron chi connectivity index (χ0n) is 11.9. The van der Waals surface area contributed by atoms with E-state index in [1.54, 1.807) is 24.4 Å². The van der Waals surface area contributed by atoms with Crippen molar-refractivity contribution in [2.45, 2.75) is 0 Å². The first-order valence-corrected chi connectivity index (χ1v) is 6.77. The number of hydrogen-bond acceptors (Lipinski definition) is 4. The van der Waals surface area contributed by atoms with E-state index in [4.69, 9.17) is 11.6 Å². The van der Waals surface area contributed by atoms with Crippen molar-refractivity contribution in [2.75, 3.05) is 19.0 Å². The predicted octanol–water partition coefficient (Wildman–Crippen LogP) is 3.56. The van der Waals surface area contributed by atoms with Gasteiger partial charge in [0.1, 0.15) is 5.75 Å². The fraction of sp³-hybridized carbons (Fsp3) is 0.125. The van der Waals surface area contributed by atoms with E-state index >= 15 is 0 Å². The molecule has 0 radical (unpaired) electrons. The highest BCUT2D eigenvalue weighted by atomic mass is 35.5. The lowest BCUT2D eigenvalue weighted by Crippen LogP contribution is -2.08. The number of benzene rings is 2. The molecule has 0 aromatic heterocycles. The molecule has 2 rings (SSSR count). The summed E-state index contributed by atoms with van der Waals surface area (Å²) in [6.07, 6.45) is 3.08. The summed E-state index contributed by atoms with van der Waals surface area (Å²) in [5.41, 5.74) is 2.43. The number of para-hydroxylation sites is 1. The van der Waals surface area contributed by atoms with Crippen LogP contribution in [-0.2, 0) is 0 Å². The van der Waals surface area contributed by atoms with Gasteiger partial charge in [0.05, 0.1) is 17.5 Å². The molecule has 5 heteroatoms. The van der Waals surface area contributed by atoms with E-state index in [0.717, 1.165) is 11.3 Å². The third kappa shape index (κ3) is 4.07. The minimum Gasteiger partial charge on any atom is -0.507 e. The van der Waals surface area contributed by atoms with Crippen molar-refractivity contribution in [1.29, 1.82) is 0 Å². The first-order valence-electron chi connectivity index (χ1n) is 6.39. The number of phenolic OH excluding ortho intramolecular Hbond substituents is 1. The third-order valence-electron chi connectivity index (χ3n) is 2.90. The highest BCUT2D eigenvalue weighted by molar-refractivity contribution is 6.33. The second-order valence-corrected chi connectivity index (χ2v) is 5.06. The molecule has 2 aromatic rings. The van der Waals surface area contributed by atoms with E-state index in [0.29, 0.717) is 10.6 Å². The number of halogens is 1. The third-order valence-corrected chi connectivity index (χ3v) is 3.22. The van der Waals surface area contributed by atoms with Crippen LogP contribution in [0.3, 0.4) is 0 Å². The van der Waals surface area contributed by atoms with Crippen LogP contribution in [0.2, 0.25) is 5.02 Å². The van der Waals surface area contributed by atoms with E-state index < -0.39 is 0 Å². The summed E-state index contributed by atoms with van der Waals surface area (Å²) in [5.74, 6) is 0.171. The quantitative estimate of drug-likeness (QED) is 0.693. The van der Waals surface area contributed by atoms with E-state index in [9.17, 15) is 5.11 Å². The zero-order chi connectivity index (χ0) is 15.2. The number of phenols is 1. The Hall–Kier alpha value is -2.33. The number of rotatable bonds is 4. The van der Waals surface area contributed by atoms with Crippen LogP contribution in [0.15, 0.2) is 52.7 Å². The molecule has 0 heterocycles. The fourth-order valence-electron chi connectivity index (χ4n) is 1.69. The number of anilines is 1. The van der Waals surface area contributed by atoms with Gasteiger partial charge in [-0.3, -0.25) is 0 Å². The molecule has 2 aromatic carbocycles. The first kappa shape index (κ1) is 15.1. The molecule has 0 amide bonds. The van der Waals surface area contributed by atoms with Crippen molar-refractivity contribution in [2.24, 2.45) is 10.2 Å². The van der Waals surface area contributed by atoms with Crippen LogP contribution in [0.25, 0.3) is 0 Å². The van der Waals surface area contributed by atoms with Crippen LogP contribution in [0, 0.1) is 0 Å². The van der Waals surface area contributed by atoms with Crippen LogP contribution in [0.5, 0.6) is 5.75 Å². The molecular formula is C16H16ClN3O. The minimum absolute atomic E-state index is 0.171.